The monoisotopic (exact) mass is 229 g/mol. The van der Waals surface area contributed by atoms with Crippen LogP contribution in [0.2, 0.25) is 0 Å². The van der Waals surface area contributed by atoms with E-state index < -0.39 is 0 Å². The minimum absolute atomic E-state index is 0.107. The van der Waals surface area contributed by atoms with E-state index >= 15 is 0 Å². The minimum Gasteiger partial charge on any atom is -0.392 e. The predicted octanol–water partition coefficient (Wildman–Crippen LogP) is 2.32. The van der Waals surface area contributed by atoms with Crippen molar-refractivity contribution in [2.24, 2.45) is 0 Å². The fourth-order valence-corrected chi connectivity index (χ4v) is 2.32. The lowest BCUT2D eigenvalue weighted by molar-refractivity contribution is 0.280. The highest BCUT2D eigenvalue weighted by Gasteiger charge is 2.19. The van der Waals surface area contributed by atoms with Crippen LogP contribution < -0.4 is 0 Å². The van der Waals surface area contributed by atoms with Crippen LogP contribution in [0.1, 0.15) is 17.0 Å². The second-order valence-electron chi connectivity index (χ2n) is 4.70. The number of aliphatic hydroxyl groups excluding tert-OH is 1. The Morgan fingerprint density at radius 2 is 2.00 bits per heavy atom. The first-order chi connectivity index (χ1) is 8.22. The van der Waals surface area contributed by atoms with E-state index in [1.165, 1.54) is 11.1 Å². The molecule has 0 radical (unpaired) electrons. The summed E-state index contributed by atoms with van der Waals surface area (Å²) in [6.07, 6.45) is 6.49. The molecular weight excluding hydrogens is 210 g/mol. The molecule has 0 aliphatic heterocycles. The summed E-state index contributed by atoms with van der Waals surface area (Å²) in [6.45, 7) is 1.06. The molecule has 2 rings (SSSR count). The molecule has 90 valence electrons. The molecule has 17 heavy (non-hydrogen) atoms. The molecule has 0 amide bonds. The number of hydrogen-bond acceptors (Lipinski definition) is 2. The molecule has 1 N–H and O–H groups in total. The maximum Gasteiger partial charge on any atom is 0.0684 e. The molecule has 2 heteroatoms. The molecule has 1 unspecified atom stereocenters. The molecule has 1 aliphatic carbocycles. The van der Waals surface area contributed by atoms with E-state index in [9.17, 15) is 5.11 Å². The van der Waals surface area contributed by atoms with Gasteiger partial charge in [0.2, 0.25) is 0 Å². The smallest absolute Gasteiger partial charge is 0.0684 e. The maximum atomic E-state index is 9.39. The molecule has 2 nitrogen and oxygen atoms in total. The Balaban J connectivity index is 2.27. The van der Waals surface area contributed by atoms with Crippen LogP contribution in [0.25, 0.3) is 0 Å². The van der Waals surface area contributed by atoms with E-state index in [-0.39, 0.29) is 6.61 Å². The molecule has 0 heterocycles. The molecule has 0 saturated carbocycles. The van der Waals surface area contributed by atoms with Crippen molar-refractivity contribution in [3.05, 3.63) is 59.2 Å². The van der Waals surface area contributed by atoms with Crippen LogP contribution in [0.15, 0.2) is 48.1 Å². The first-order valence-corrected chi connectivity index (χ1v) is 5.93. The van der Waals surface area contributed by atoms with E-state index in [0.29, 0.717) is 5.92 Å². The van der Waals surface area contributed by atoms with Gasteiger partial charge in [-0.1, -0.05) is 42.5 Å². The second-order valence-corrected chi connectivity index (χ2v) is 4.70. The largest absolute Gasteiger partial charge is 0.392 e. The minimum atomic E-state index is 0.107. The third-order valence-electron chi connectivity index (χ3n) is 3.07. The number of aliphatic hydroxyl groups is 1. The number of nitrogens with zero attached hydrogens (tertiary/aromatic N) is 1. The first-order valence-electron chi connectivity index (χ1n) is 5.93. The Hall–Kier alpha value is -1.38. The van der Waals surface area contributed by atoms with E-state index in [4.69, 9.17) is 0 Å². The van der Waals surface area contributed by atoms with Gasteiger partial charge in [0.05, 0.1) is 6.61 Å². The Morgan fingerprint density at radius 3 is 2.71 bits per heavy atom. The van der Waals surface area contributed by atoms with Gasteiger partial charge in [-0.05, 0) is 30.8 Å². The summed E-state index contributed by atoms with van der Waals surface area (Å²) in [5, 5.41) is 9.39. The van der Waals surface area contributed by atoms with Gasteiger partial charge in [0.15, 0.2) is 0 Å². The van der Waals surface area contributed by atoms with E-state index in [1.807, 2.05) is 18.2 Å². The maximum absolute atomic E-state index is 9.39. The van der Waals surface area contributed by atoms with Crippen LogP contribution in [0.4, 0.5) is 0 Å². The van der Waals surface area contributed by atoms with Crippen LogP contribution in [-0.2, 0) is 6.61 Å². The lowest BCUT2D eigenvalue weighted by Gasteiger charge is -2.20. The van der Waals surface area contributed by atoms with Crippen molar-refractivity contribution in [2.75, 3.05) is 20.6 Å². The molecule has 0 fully saturated rings. The van der Waals surface area contributed by atoms with Crippen LogP contribution in [0.5, 0.6) is 0 Å². The summed E-state index contributed by atoms with van der Waals surface area (Å²) >= 11 is 0. The van der Waals surface area contributed by atoms with E-state index in [0.717, 1.165) is 12.1 Å². The van der Waals surface area contributed by atoms with Gasteiger partial charge in [-0.2, -0.15) is 0 Å². The molecule has 1 aliphatic rings. The molecule has 0 aromatic heterocycles. The van der Waals surface area contributed by atoms with Crippen molar-refractivity contribution in [3.63, 3.8) is 0 Å². The van der Waals surface area contributed by atoms with Crippen molar-refractivity contribution < 1.29 is 5.11 Å². The highest BCUT2D eigenvalue weighted by molar-refractivity contribution is 5.44. The summed E-state index contributed by atoms with van der Waals surface area (Å²) in [4.78, 5) is 2.17. The van der Waals surface area contributed by atoms with Crippen LogP contribution >= 0.6 is 0 Å². The van der Waals surface area contributed by atoms with Crippen molar-refractivity contribution >= 4 is 0 Å². The summed E-state index contributed by atoms with van der Waals surface area (Å²) in [6, 6.07) is 8.11. The third kappa shape index (κ3) is 2.65. The highest BCUT2D eigenvalue weighted by Crippen LogP contribution is 2.32. The Labute approximate surface area is 103 Å². The Bertz CT molecular complexity index is 446. The van der Waals surface area contributed by atoms with Crippen LogP contribution in [0, 0.1) is 0 Å². The van der Waals surface area contributed by atoms with Crippen molar-refractivity contribution in [1.82, 2.24) is 4.90 Å². The molecule has 0 saturated heterocycles. The zero-order valence-corrected chi connectivity index (χ0v) is 10.4. The average molecular weight is 229 g/mol. The number of hydrogen-bond donors (Lipinski definition) is 1. The van der Waals surface area contributed by atoms with Gasteiger partial charge in [0.1, 0.15) is 0 Å². The predicted molar refractivity (Wildman–Crippen MR) is 70.9 cm³/mol. The lowest BCUT2D eigenvalue weighted by atomic mass is 9.90. The molecule has 0 bridgehead atoms. The standard InChI is InChI=1S/C15H19NO/c1-16(2)10-12-7-5-9-14(12)15-8-4-3-6-13(15)11-17/h3-9,14,17H,10-11H2,1-2H3. The van der Waals surface area contributed by atoms with Gasteiger partial charge in [-0.15, -0.1) is 0 Å². The van der Waals surface area contributed by atoms with Crippen molar-refractivity contribution in [3.8, 4) is 0 Å². The highest BCUT2D eigenvalue weighted by atomic mass is 16.3. The van der Waals surface area contributed by atoms with Gasteiger partial charge in [0.25, 0.3) is 0 Å². The Morgan fingerprint density at radius 1 is 1.24 bits per heavy atom. The summed E-state index contributed by atoms with van der Waals surface area (Å²) in [5.74, 6) is 0.320. The average Bonchev–Trinajstić information content (AvgIpc) is 2.76. The number of rotatable bonds is 4. The second kappa shape index (κ2) is 5.30. The van der Waals surface area contributed by atoms with Gasteiger partial charge >= 0.3 is 0 Å². The van der Waals surface area contributed by atoms with Gasteiger partial charge in [0, 0.05) is 12.5 Å². The summed E-state index contributed by atoms with van der Waals surface area (Å²) < 4.78 is 0. The van der Waals surface area contributed by atoms with E-state index in [1.54, 1.807) is 0 Å². The zero-order valence-electron chi connectivity index (χ0n) is 10.4. The normalized spacial score (nSPS) is 18.8. The van der Waals surface area contributed by atoms with Gasteiger partial charge in [-0.25, -0.2) is 0 Å². The zero-order chi connectivity index (χ0) is 12.3. The molecule has 0 spiro atoms. The van der Waals surface area contributed by atoms with Crippen molar-refractivity contribution in [1.29, 1.82) is 0 Å². The number of benzene rings is 1. The van der Waals surface area contributed by atoms with E-state index in [2.05, 4.69) is 43.3 Å². The first kappa shape index (κ1) is 12.1. The molecule has 1 aromatic rings. The van der Waals surface area contributed by atoms with Crippen LogP contribution in [-0.4, -0.2) is 30.6 Å². The molecule has 1 aromatic carbocycles. The summed E-state index contributed by atoms with van der Waals surface area (Å²) in [5.41, 5.74) is 3.63. The molecule has 1 atom stereocenters. The quantitative estimate of drug-likeness (QED) is 0.856. The summed E-state index contributed by atoms with van der Waals surface area (Å²) in [7, 11) is 4.16. The third-order valence-corrected chi connectivity index (χ3v) is 3.07. The molecular formula is C15H19NO. The fraction of sp³-hybridized carbons (Fsp3) is 0.333. The number of allylic oxidation sites excluding steroid dienone is 3. The Kier molecular flexibility index (Phi) is 3.77. The SMILES string of the molecule is CN(C)CC1=CC=CC1c1ccccc1CO. The fourth-order valence-electron chi connectivity index (χ4n) is 2.32. The van der Waals surface area contributed by atoms with Gasteiger partial charge in [-0.3, -0.25) is 0 Å². The van der Waals surface area contributed by atoms with Crippen molar-refractivity contribution in [2.45, 2.75) is 12.5 Å². The topological polar surface area (TPSA) is 23.5 Å². The van der Waals surface area contributed by atoms with Gasteiger partial charge < -0.3 is 10.0 Å². The van der Waals surface area contributed by atoms with Crippen LogP contribution in [0.3, 0.4) is 0 Å². The lowest BCUT2D eigenvalue weighted by Crippen LogP contribution is -2.17. The number of likely N-dealkylation sites (N-methyl/N-ethyl adjacent to an activating group) is 1.